The van der Waals surface area contributed by atoms with Crippen molar-refractivity contribution in [2.24, 2.45) is 7.05 Å². The molecule has 2 aromatic heterocycles. The van der Waals surface area contributed by atoms with Crippen LogP contribution in [0.15, 0.2) is 48.7 Å². The van der Waals surface area contributed by atoms with E-state index in [1.165, 1.54) is 12.1 Å². The van der Waals surface area contributed by atoms with Gasteiger partial charge < -0.3 is 15.2 Å². The quantitative estimate of drug-likeness (QED) is 0.242. The first kappa shape index (κ1) is 27.2. The van der Waals surface area contributed by atoms with Crippen molar-refractivity contribution in [1.29, 1.82) is 0 Å². The molecule has 2 heterocycles. The molecule has 4 rings (SSSR count). The lowest BCUT2D eigenvalue weighted by Crippen LogP contribution is -2.27. The van der Waals surface area contributed by atoms with Crippen LogP contribution in [0.3, 0.4) is 0 Å². The second-order valence-corrected chi connectivity index (χ2v) is 9.08. The van der Waals surface area contributed by atoms with Gasteiger partial charge >= 0.3 is 12.1 Å². The Morgan fingerprint density at radius 1 is 1.00 bits per heavy atom. The number of carboxylic acids is 1. The Labute approximate surface area is 217 Å². The number of aliphatic carboxylic acids is 1. The van der Waals surface area contributed by atoms with Crippen molar-refractivity contribution in [3.8, 4) is 5.69 Å². The van der Waals surface area contributed by atoms with Gasteiger partial charge in [-0.05, 0) is 55.3 Å². The van der Waals surface area contributed by atoms with Gasteiger partial charge in [0.1, 0.15) is 0 Å². The van der Waals surface area contributed by atoms with Gasteiger partial charge in [-0.1, -0.05) is 12.8 Å². The second kappa shape index (κ2) is 11.7. The average Bonchev–Trinajstić information content (AvgIpc) is 3.38. The predicted octanol–water partition coefficient (Wildman–Crippen LogP) is 5.32. The third-order valence-electron chi connectivity index (χ3n) is 6.23. The molecule has 8 nitrogen and oxygen atoms in total. The topological polar surface area (TPSA) is 98.4 Å². The molecule has 0 saturated heterocycles. The summed E-state index contributed by atoms with van der Waals surface area (Å²) in [4.78, 5) is 23.2. The number of halogens is 3. The third kappa shape index (κ3) is 6.34. The number of carbonyl (C=O) groups is 2. The van der Waals surface area contributed by atoms with E-state index in [9.17, 15) is 22.8 Å². The lowest BCUT2D eigenvalue weighted by Gasteiger charge is -2.10. The van der Waals surface area contributed by atoms with Gasteiger partial charge in [0.05, 0.1) is 17.7 Å². The number of amides is 1. The van der Waals surface area contributed by atoms with E-state index in [1.807, 2.05) is 6.20 Å². The number of hydrogen-bond donors (Lipinski definition) is 2. The molecular formula is C27H29F3N4O4. The van der Waals surface area contributed by atoms with Crippen molar-refractivity contribution in [3.05, 3.63) is 59.8 Å². The highest BCUT2D eigenvalue weighted by Gasteiger charge is 2.30. The van der Waals surface area contributed by atoms with Gasteiger partial charge in [0, 0.05) is 54.8 Å². The van der Waals surface area contributed by atoms with Crippen molar-refractivity contribution in [2.75, 3.05) is 19.8 Å². The van der Waals surface area contributed by atoms with Crippen LogP contribution in [-0.4, -0.2) is 51.1 Å². The van der Waals surface area contributed by atoms with E-state index in [-0.39, 0.29) is 12.3 Å². The highest BCUT2D eigenvalue weighted by Crippen LogP contribution is 2.34. The Hall–Kier alpha value is -3.86. The molecule has 0 bridgehead atoms. The van der Waals surface area contributed by atoms with Crippen LogP contribution in [0.25, 0.3) is 27.6 Å². The van der Waals surface area contributed by atoms with E-state index < -0.39 is 17.7 Å². The van der Waals surface area contributed by atoms with E-state index >= 15 is 0 Å². The summed E-state index contributed by atoms with van der Waals surface area (Å²) in [6.07, 6.45) is 0.818. The summed E-state index contributed by atoms with van der Waals surface area (Å²) in [7, 11) is 1.76. The maximum atomic E-state index is 13.0. The number of hydrogen-bond acceptors (Lipinski definition) is 4. The summed E-state index contributed by atoms with van der Waals surface area (Å²) in [5, 5.41) is 17.5. The Balaban J connectivity index is 1.40. The summed E-state index contributed by atoms with van der Waals surface area (Å²) in [6.45, 7) is 1.25. The van der Waals surface area contributed by atoms with Gasteiger partial charge in [0.2, 0.25) is 0 Å². The maximum absolute atomic E-state index is 13.0. The first-order valence-electron chi connectivity index (χ1n) is 12.4. The van der Waals surface area contributed by atoms with Gasteiger partial charge in [0.25, 0.3) is 5.91 Å². The monoisotopic (exact) mass is 530 g/mol. The molecular weight excluding hydrogens is 501 g/mol. The van der Waals surface area contributed by atoms with Crippen LogP contribution in [0, 0.1) is 0 Å². The number of nitrogens with one attached hydrogen (secondary N) is 1. The van der Waals surface area contributed by atoms with Crippen LogP contribution in [-0.2, 0) is 22.8 Å². The highest BCUT2D eigenvalue weighted by molar-refractivity contribution is 6.10. The third-order valence-corrected chi connectivity index (χ3v) is 6.23. The lowest BCUT2D eigenvalue weighted by molar-refractivity contribution is -0.138. The van der Waals surface area contributed by atoms with Crippen LogP contribution in [0.4, 0.5) is 13.2 Å². The predicted molar refractivity (Wildman–Crippen MR) is 136 cm³/mol. The van der Waals surface area contributed by atoms with Crippen molar-refractivity contribution >= 4 is 33.8 Å². The minimum Gasteiger partial charge on any atom is -0.481 e. The van der Waals surface area contributed by atoms with Crippen molar-refractivity contribution in [3.63, 3.8) is 0 Å². The molecule has 0 atom stereocenters. The molecule has 38 heavy (non-hydrogen) atoms. The van der Waals surface area contributed by atoms with Gasteiger partial charge in [-0.3, -0.25) is 18.8 Å². The van der Waals surface area contributed by atoms with Crippen LogP contribution in [0.5, 0.6) is 0 Å². The minimum atomic E-state index is -4.42. The number of unbranched alkanes of at least 4 members (excludes halogenated alkanes) is 3. The van der Waals surface area contributed by atoms with E-state index in [4.69, 9.17) is 9.84 Å². The van der Waals surface area contributed by atoms with Gasteiger partial charge in [-0.25, -0.2) is 0 Å². The van der Waals surface area contributed by atoms with Gasteiger partial charge in [0.15, 0.2) is 5.65 Å². The molecule has 0 unspecified atom stereocenters. The van der Waals surface area contributed by atoms with E-state index in [0.29, 0.717) is 43.1 Å². The molecule has 4 aromatic rings. The normalized spacial score (nSPS) is 11.9. The lowest BCUT2D eigenvalue weighted by atomic mass is 10.1. The van der Waals surface area contributed by atoms with Crippen LogP contribution in [0.2, 0.25) is 0 Å². The van der Waals surface area contributed by atoms with Crippen molar-refractivity contribution in [1.82, 2.24) is 19.7 Å². The fourth-order valence-corrected chi connectivity index (χ4v) is 4.37. The molecule has 0 fully saturated rings. The SMILES string of the molecule is Cn1cc2c3cc(C(=O)NCCOCCCCCCC(=O)O)ccc3n(-c3ccc(C(F)(F)F)cc3)c2n1. The second-order valence-electron chi connectivity index (χ2n) is 9.08. The van der Waals surface area contributed by atoms with E-state index in [1.54, 1.807) is 34.5 Å². The highest BCUT2D eigenvalue weighted by atomic mass is 19.4. The number of carbonyl (C=O) groups excluding carboxylic acids is 1. The standard InChI is InChI=1S/C27H29F3N4O4/c1-33-17-22-21-16-18(26(37)31-13-15-38-14-5-3-2-4-6-24(35)36)7-12-23(21)34(25(22)32-33)20-10-8-19(9-11-20)27(28,29)30/h7-12,16-17H,2-6,13-15H2,1H3,(H,31,37)(H,35,36). The van der Waals surface area contributed by atoms with Gasteiger partial charge in [-0.2, -0.15) is 18.3 Å². The Morgan fingerprint density at radius 2 is 1.74 bits per heavy atom. The molecule has 0 saturated carbocycles. The molecule has 2 aromatic carbocycles. The molecule has 0 aliphatic rings. The Morgan fingerprint density at radius 3 is 2.45 bits per heavy atom. The summed E-state index contributed by atoms with van der Waals surface area (Å²) in [6, 6.07) is 10.1. The molecule has 0 aliphatic carbocycles. The number of rotatable bonds is 12. The molecule has 0 spiro atoms. The summed E-state index contributed by atoms with van der Waals surface area (Å²) in [5.41, 5.74) is 1.56. The number of fused-ring (bicyclic) bond motifs is 3. The maximum Gasteiger partial charge on any atom is 0.416 e. The largest absolute Gasteiger partial charge is 0.481 e. The van der Waals surface area contributed by atoms with Crippen LogP contribution in [0.1, 0.15) is 48.0 Å². The first-order chi connectivity index (χ1) is 18.1. The summed E-state index contributed by atoms with van der Waals surface area (Å²) >= 11 is 0. The number of aromatic nitrogens is 3. The van der Waals surface area contributed by atoms with Crippen molar-refractivity contribution < 1.29 is 32.6 Å². The fourth-order valence-electron chi connectivity index (χ4n) is 4.37. The molecule has 0 radical (unpaired) electrons. The number of alkyl halides is 3. The minimum absolute atomic E-state index is 0.185. The van der Waals surface area contributed by atoms with Crippen LogP contribution >= 0.6 is 0 Å². The summed E-state index contributed by atoms with van der Waals surface area (Å²) < 4.78 is 48.1. The molecule has 1 amide bonds. The Kier molecular flexibility index (Phi) is 8.35. The molecule has 0 aliphatic heterocycles. The Bertz CT molecular complexity index is 1420. The smallest absolute Gasteiger partial charge is 0.416 e. The molecule has 2 N–H and O–H groups in total. The first-order valence-corrected chi connectivity index (χ1v) is 12.4. The number of ether oxygens (including phenoxy) is 1. The number of nitrogens with zero attached hydrogens (tertiary/aromatic N) is 3. The van der Waals surface area contributed by atoms with E-state index in [2.05, 4.69) is 10.4 Å². The van der Waals surface area contributed by atoms with E-state index in [0.717, 1.165) is 47.7 Å². The zero-order valence-electron chi connectivity index (χ0n) is 20.9. The fraction of sp³-hybridized carbons (Fsp3) is 0.370. The molecule has 11 heteroatoms. The zero-order chi connectivity index (χ0) is 27.3. The van der Waals surface area contributed by atoms with Crippen LogP contribution < -0.4 is 5.32 Å². The summed E-state index contributed by atoms with van der Waals surface area (Å²) in [5.74, 6) is -1.04. The molecule has 202 valence electrons. The zero-order valence-corrected chi connectivity index (χ0v) is 20.9. The number of carboxylic acid groups (broad SMARTS) is 1. The average molecular weight is 531 g/mol. The van der Waals surface area contributed by atoms with Gasteiger partial charge in [-0.15, -0.1) is 0 Å². The number of aryl methyl sites for hydroxylation is 1. The van der Waals surface area contributed by atoms with Crippen molar-refractivity contribution in [2.45, 2.75) is 38.3 Å². The number of benzene rings is 2.